The number of aryl methyl sites for hydroxylation is 2. The lowest BCUT2D eigenvalue weighted by Crippen LogP contribution is -2.07. The van der Waals surface area contributed by atoms with Gasteiger partial charge in [-0.3, -0.25) is 4.79 Å². The topological polar surface area (TPSA) is 60.9 Å². The highest BCUT2D eigenvalue weighted by molar-refractivity contribution is 7.09. The highest BCUT2D eigenvalue weighted by Gasteiger charge is 2.09. The Kier molecular flexibility index (Phi) is 5.81. The molecule has 154 valence electrons. The maximum atomic E-state index is 11.7. The van der Waals surface area contributed by atoms with E-state index in [-0.39, 0.29) is 12.4 Å². The van der Waals surface area contributed by atoms with E-state index >= 15 is 0 Å². The summed E-state index contributed by atoms with van der Waals surface area (Å²) < 4.78 is 9.20. The number of thiazole rings is 1. The number of esters is 1. The van der Waals surface area contributed by atoms with Gasteiger partial charge in [0.2, 0.25) is 4.80 Å². The highest BCUT2D eigenvalue weighted by atomic mass is 32.1. The molecule has 0 aliphatic rings. The molecule has 0 aliphatic heterocycles. The van der Waals surface area contributed by atoms with Gasteiger partial charge in [0.1, 0.15) is 0 Å². The van der Waals surface area contributed by atoms with Crippen LogP contribution in [0.25, 0.3) is 21.8 Å². The molecule has 0 bridgehead atoms. The second kappa shape index (κ2) is 8.67. The number of carbonyl (C=O) groups is 1. The molecule has 0 saturated carbocycles. The molecule has 4 rings (SSSR count). The number of hydrogen-bond donors (Lipinski definition) is 0. The van der Waals surface area contributed by atoms with Crippen LogP contribution in [0, 0.1) is 0 Å². The number of ether oxygens (including phenoxy) is 1. The van der Waals surface area contributed by atoms with Crippen LogP contribution in [0.2, 0.25) is 0 Å². The van der Waals surface area contributed by atoms with Crippen molar-refractivity contribution in [3.8, 4) is 0 Å². The van der Waals surface area contributed by atoms with Gasteiger partial charge in [-0.1, -0.05) is 35.6 Å². The number of fused-ring (bicyclic) bond motifs is 3. The first kappa shape index (κ1) is 20.1. The summed E-state index contributed by atoms with van der Waals surface area (Å²) in [5.74, 6) is -0.228. The molecule has 0 fully saturated rings. The van der Waals surface area contributed by atoms with E-state index in [1.165, 1.54) is 33.1 Å². The van der Waals surface area contributed by atoms with E-state index in [2.05, 4.69) is 64.2 Å². The van der Waals surface area contributed by atoms with Crippen molar-refractivity contribution in [2.45, 2.75) is 26.8 Å². The predicted octanol–water partition coefficient (Wildman–Crippen LogP) is 4.25. The fraction of sp³-hybridized carbons (Fsp3) is 0.261. The van der Waals surface area contributed by atoms with Crippen molar-refractivity contribution in [2.75, 3.05) is 6.61 Å². The van der Waals surface area contributed by atoms with Crippen LogP contribution in [-0.4, -0.2) is 27.9 Å². The second-order valence-electron chi connectivity index (χ2n) is 6.96. The lowest BCUT2D eigenvalue weighted by atomic mass is 10.1. The Bertz CT molecular complexity index is 1310. The normalized spacial score (nSPS) is 12.4. The van der Waals surface area contributed by atoms with Crippen molar-refractivity contribution in [1.29, 1.82) is 0 Å². The largest absolute Gasteiger partial charge is 0.466 e. The highest BCUT2D eigenvalue weighted by Crippen LogP contribution is 2.29. The third-order valence-electron chi connectivity index (χ3n) is 4.95. The zero-order valence-electron chi connectivity index (χ0n) is 17.3. The van der Waals surface area contributed by atoms with E-state index in [4.69, 9.17) is 4.74 Å². The summed E-state index contributed by atoms with van der Waals surface area (Å²) in [7, 11) is 1.89. The molecular weight excluding hydrogens is 396 g/mol. The van der Waals surface area contributed by atoms with Crippen molar-refractivity contribution in [3.63, 3.8) is 0 Å². The van der Waals surface area contributed by atoms with Gasteiger partial charge in [-0.15, -0.1) is 5.10 Å². The molecule has 0 spiro atoms. The number of rotatable bonds is 6. The van der Waals surface area contributed by atoms with Crippen LogP contribution in [0.1, 0.15) is 24.3 Å². The lowest BCUT2D eigenvalue weighted by molar-refractivity contribution is -0.142. The molecule has 0 aliphatic carbocycles. The molecule has 30 heavy (non-hydrogen) atoms. The molecule has 7 heteroatoms. The number of para-hydroxylation sites is 1. The first-order chi connectivity index (χ1) is 14.6. The Balaban J connectivity index is 1.62. The molecule has 2 heterocycles. The summed E-state index contributed by atoms with van der Waals surface area (Å²) in [4.78, 5) is 13.3. The van der Waals surface area contributed by atoms with Gasteiger partial charge in [0, 0.05) is 46.5 Å². The first-order valence-electron chi connectivity index (χ1n) is 9.99. The van der Waals surface area contributed by atoms with Crippen molar-refractivity contribution in [3.05, 3.63) is 63.9 Å². The molecule has 0 atom stereocenters. The zero-order chi connectivity index (χ0) is 21.1. The summed E-state index contributed by atoms with van der Waals surface area (Å²) in [6, 6.07) is 14.8. The summed E-state index contributed by atoms with van der Waals surface area (Å²) in [6.07, 6.45) is 3.91. The van der Waals surface area contributed by atoms with E-state index in [1.807, 2.05) is 17.8 Å². The fourth-order valence-electron chi connectivity index (χ4n) is 3.65. The molecule has 4 aromatic rings. The van der Waals surface area contributed by atoms with Crippen LogP contribution >= 0.6 is 11.3 Å². The standard InChI is InChI=1S/C23H24N4O2S/c1-4-27-20-9-7-6-8-18(20)19-12-16(10-11-21(19)27)14-24-25-23-26(3)15-17(30-23)13-22(28)29-5-2/h6-12,14-15H,4-5,13H2,1-3H3. The van der Waals surface area contributed by atoms with Crippen LogP contribution in [-0.2, 0) is 29.5 Å². The van der Waals surface area contributed by atoms with Gasteiger partial charge in [-0.05, 0) is 37.6 Å². The van der Waals surface area contributed by atoms with E-state index in [0.29, 0.717) is 6.61 Å². The predicted molar refractivity (Wildman–Crippen MR) is 122 cm³/mol. The molecule has 2 aromatic heterocycles. The monoisotopic (exact) mass is 420 g/mol. The van der Waals surface area contributed by atoms with E-state index in [0.717, 1.165) is 21.8 Å². The Morgan fingerprint density at radius 3 is 2.73 bits per heavy atom. The van der Waals surface area contributed by atoms with Crippen LogP contribution in [0.15, 0.2) is 58.9 Å². The van der Waals surface area contributed by atoms with Crippen molar-refractivity contribution < 1.29 is 9.53 Å². The quantitative estimate of drug-likeness (QED) is 0.266. The smallest absolute Gasteiger partial charge is 0.311 e. The number of hydrogen-bond acceptors (Lipinski definition) is 5. The van der Waals surface area contributed by atoms with Gasteiger partial charge in [0.05, 0.1) is 19.2 Å². The number of aromatic nitrogens is 2. The van der Waals surface area contributed by atoms with Crippen LogP contribution in [0.3, 0.4) is 0 Å². The molecule has 6 nitrogen and oxygen atoms in total. The number of carbonyl (C=O) groups excluding carboxylic acids is 1. The summed E-state index contributed by atoms with van der Waals surface area (Å²) in [5, 5.41) is 11.1. The molecular formula is C23H24N4O2S. The minimum Gasteiger partial charge on any atom is -0.466 e. The third-order valence-corrected chi connectivity index (χ3v) is 6.01. The van der Waals surface area contributed by atoms with Gasteiger partial charge in [-0.2, -0.15) is 5.10 Å². The van der Waals surface area contributed by atoms with E-state index in [1.54, 1.807) is 13.1 Å². The minimum atomic E-state index is -0.228. The first-order valence-corrected chi connectivity index (χ1v) is 10.8. The molecule has 0 radical (unpaired) electrons. The number of nitrogens with zero attached hydrogens (tertiary/aromatic N) is 4. The molecule has 0 N–H and O–H groups in total. The lowest BCUT2D eigenvalue weighted by Gasteiger charge is -2.02. The Hall–Kier alpha value is -3.19. The average Bonchev–Trinajstić information content (AvgIpc) is 3.24. The number of benzene rings is 2. The molecule has 2 aromatic carbocycles. The summed E-state index contributed by atoms with van der Waals surface area (Å²) >= 11 is 1.44. The second-order valence-corrected chi connectivity index (χ2v) is 8.05. The van der Waals surface area contributed by atoms with Crippen molar-refractivity contribution >= 4 is 45.3 Å². The SMILES string of the molecule is CCOC(=O)Cc1cn(C)c(=NN=Cc2ccc3c(c2)c2ccccc2n3CC)s1. The molecule has 0 amide bonds. The van der Waals surface area contributed by atoms with Crippen LogP contribution in [0.5, 0.6) is 0 Å². The summed E-state index contributed by atoms with van der Waals surface area (Å²) in [5.41, 5.74) is 3.46. The van der Waals surface area contributed by atoms with Gasteiger partial charge in [0.25, 0.3) is 0 Å². The van der Waals surface area contributed by atoms with Gasteiger partial charge in [0.15, 0.2) is 0 Å². The minimum absolute atomic E-state index is 0.228. The van der Waals surface area contributed by atoms with Crippen molar-refractivity contribution in [2.24, 2.45) is 17.3 Å². The summed E-state index contributed by atoms with van der Waals surface area (Å²) in [6.45, 7) is 5.28. The Morgan fingerprint density at radius 1 is 1.13 bits per heavy atom. The molecule has 0 unspecified atom stereocenters. The van der Waals surface area contributed by atoms with Gasteiger partial charge < -0.3 is 13.9 Å². The maximum absolute atomic E-state index is 11.7. The van der Waals surface area contributed by atoms with Crippen molar-refractivity contribution in [1.82, 2.24) is 9.13 Å². The average molecular weight is 421 g/mol. The maximum Gasteiger partial charge on any atom is 0.311 e. The van der Waals surface area contributed by atoms with Crippen LogP contribution in [0.4, 0.5) is 0 Å². The third kappa shape index (κ3) is 3.93. The Labute approximate surface area is 178 Å². The van der Waals surface area contributed by atoms with Gasteiger partial charge >= 0.3 is 5.97 Å². The zero-order valence-corrected chi connectivity index (χ0v) is 18.1. The van der Waals surface area contributed by atoms with E-state index < -0.39 is 0 Å². The fourth-order valence-corrected chi connectivity index (χ4v) is 4.57. The van der Waals surface area contributed by atoms with E-state index in [9.17, 15) is 4.79 Å². The van der Waals surface area contributed by atoms with Crippen LogP contribution < -0.4 is 4.80 Å². The Morgan fingerprint density at radius 2 is 1.93 bits per heavy atom. The van der Waals surface area contributed by atoms with Gasteiger partial charge in [-0.25, -0.2) is 0 Å². The molecule has 0 saturated heterocycles.